The summed E-state index contributed by atoms with van der Waals surface area (Å²) in [5, 5.41) is 18.9. The van der Waals surface area contributed by atoms with Crippen LogP contribution in [0.25, 0.3) is 10.9 Å². The van der Waals surface area contributed by atoms with E-state index in [0.29, 0.717) is 10.9 Å². The lowest BCUT2D eigenvalue weighted by atomic mass is 10.2. The Kier molecular flexibility index (Phi) is 2.49. The molecule has 0 spiro atoms. The predicted octanol–water partition coefficient (Wildman–Crippen LogP) is 1.31. The van der Waals surface area contributed by atoms with E-state index in [-0.39, 0.29) is 11.5 Å². The Morgan fingerprint density at radius 2 is 1.82 bits per heavy atom. The topological polar surface area (TPSA) is 121 Å². The minimum absolute atomic E-state index is 0.154. The molecule has 2 aromatic rings. The Balaban J connectivity index is 2.50. The molecule has 1 aromatic heterocycles. The molecule has 0 unspecified atom stereocenters. The van der Waals surface area contributed by atoms with Crippen molar-refractivity contribution in [3.05, 3.63) is 44.6 Å². The Labute approximate surface area is 92.8 Å². The Morgan fingerprint density at radius 1 is 1.12 bits per heavy atom. The zero-order valence-corrected chi connectivity index (χ0v) is 8.15. The normalized spacial score (nSPS) is 10.1. The third-order valence-electron chi connectivity index (χ3n) is 1.95. The van der Waals surface area contributed by atoms with Crippen molar-refractivity contribution in [1.29, 1.82) is 0 Å². The van der Waals surface area contributed by atoms with Crippen LogP contribution in [0.15, 0.2) is 24.4 Å². The van der Waals surface area contributed by atoms with Gasteiger partial charge >= 0.3 is 0 Å². The van der Waals surface area contributed by atoms with Gasteiger partial charge in [0.05, 0.1) is 5.52 Å². The highest BCUT2D eigenvalue weighted by Crippen LogP contribution is 2.30. The highest BCUT2D eigenvalue weighted by atomic mass is 17.0. The Bertz CT molecular complexity index is 592. The molecule has 0 aliphatic rings. The van der Waals surface area contributed by atoms with Crippen LogP contribution in [0.5, 0.6) is 11.5 Å². The SMILES string of the molecule is O=[N+]([O-])Oc1cc(O[N+](=O)[O-])c2[nH]ccc2c1. The van der Waals surface area contributed by atoms with Crippen LogP contribution in [-0.4, -0.2) is 15.2 Å². The van der Waals surface area contributed by atoms with Gasteiger partial charge in [-0.3, -0.25) is 9.68 Å². The van der Waals surface area contributed by atoms with Crippen molar-refractivity contribution < 1.29 is 19.8 Å². The van der Waals surface area contributed by atoms with Crippen LogP contribution in [0.4, 0.5) is 0 Å². The number of hydrogen-bond donors (Lipinski definition) is 1. The van der Waals surface area contributed by atoms with E-state index in [9.17, 15) is 20.2 Å². The van der Waals surface area contributed by atoms with E-state index in [1.807, 2.05) is 0 Å². The summed E-state index contributed by atoms with van der Waals surface area (Å²) in [7, 11) is 0. The first kappa shape index (κ1) is 10.7. The summed E-state index contributed by atoms with van der Waals surface area (Å²) in [6.07, 6.45) is 1.52. The van der Waals surface area contributed by atoms with Crippen LogP contribution in [0.2, 0.25) is 0 Å². The van der Waals surface area contributed by atoms with Crippen LogP contribution in [0.1, 0.15) is 0 Å². The molecular formula is C8H5N3O6. The zero-order valence-electron chi connectivity index (χ0n) is 8.15. The van der Waals surface area contributed by atoms with Crippen molar-refractivity contribution in [2.75, 3.05) is 0 Å². The fourth-order valence-corrected chi connectivity index (χ4v) is 1.40. The molecule has 2 rings (SSSR count). The molecule has 1 heterocycles. The average Bonchev–Trinajstić information content (AvgIpc) is 2.63. The van der Waals surface area contributed by atoms with Crippen LogP contribution in [0, 0.1) is 20.2 Å². The van der Waals surface area contributed by atoms with Gasteiger partial charge in [0, 0.05) is 17.6 Å². The highest BCUT2D eigenvalue weighted by Gasteiger charge is 2.11. The molecule has 0 saturated heterocycles. The van der Waals surface area contributed by atoms with Gasteiger partial charge in [-0.1, -0.05) is 0 Å². The van der Waals surface area contributed by atoms with E-state index in [1.165, 1.54) is 12.3 Å². The number of hydrogen-bond acceptors (Lipinski definition) is 6. The minimum Gasteiger partial charge on any atom is -0.359 e. The van der Waals surface area contributed by atoms with E-state index >= 15 is 0 Å². The van der Waals surface area contributed by atoms with Crippen molar-refractivity contribution in [1.82, 2.24) is 4.98 Å². The number of benzene rings is 1. The van der Waals surface area contributed by atoms with Crippen LogP contribution in [-0.2, 0) is 0 Å². The molecule has 0 bridgehead atoms. The zero-order chi connectivity index (χ0) is 12.4. The van der Waals surface area contributed by atoms with Crippen molar-refractivity contribution in [3.63, 3.8) is 0 Å². The number of nitrogens with zero attached hydrogens (tertiary/aromatic N) is 2. The first-order valence-corrected chi connectivity index (χ1v) is 4.32. The van der Waals surface area contributed by atoms with Gasteiger partial charge in [-0.15, -0.1) is 20.2 Å². The van der Waals surface area contributed by atoms with E-state index in [4.69, 9.17) is 0 Å². The van der Waals surface area contributed by atoms with Gasteiger partial charge in [0.2, 0.25) is 0 Å². The molecule has 1 aromatic carbocycles. The summed E-state index contributed by atoms with van der Waals surface area (Å²) < 4.78 is 0. The van der Waals surface area contributed by atoms with Gasteiger partial charge in [0.25, 0.3) is 10.2 Å². The number of fused-ring (bicyclic) bond motifs is 1. The van der Waals surface area contributed by atoms with Crippen molar-refractivity contribution in [3.8, 4) is 11.5 Å². The average molecular weight is 239 g/mol. The minimum atomic E-state index is -1.01. The van der Waals surface area contributed by atoms with Gasteiger partial charge in [-0.25, -0.2) is 0 Å². The second-order valence-corrected chi connectivity index (χ2v) is 2.99. The van der Waals surface area contributed by atoms with Gasteiger partial charge < -0.3 is 4.98 Å². The van der Waals surface area contributed by atoms with Crippen molar-refractivity contribution in [2.24, 2.45) is 0 Å². The molecule has 0 amide bonds. The largest absolute Gasteiger partial charge is 0.359 e. The van der Waals surface area contributed by atoms with E-state index in [0.717, 1.165) is 6.07 Å². The first-order chi connectivity index (χ1) is 8.06. The molecule has 0 aliphatic carbocycles. The smallest absolute Gasteiger partial charge is 0.299 e. The number of H-pyrrole nitrogens is 1. The first-order valence-electron chi connectivity index (χ1n) is 4.32. The Hall–Kier alpha value is -2.84. The molecule has 0 fully saturated rings. The molecule has 0 atom stereocenters. The molecule has 0 radical (unpaired) electrons. The van der Waals surface area contributed by atoms with Gasteiger partial charge in [-0.2, -0.15) is 0 Å². The van der Waals surface area contributed by atoms with Gasteiger partial charge in [0.15, 0.2) is 5.75 Å². The lowest BCUT2D eigenvalue weighted by Crippen LogP contribution is -2.06. The van der Waals surface area contributed by atoms with E-state index in [2.05, 4.69) is 14.7 Å². The highest BCUT2D eigenvalue weighted by molar-refractivity contribution is 5.86. The monoisotopic (exact) mass is 239 g/mol. The number of rotatable bonds is 4. The fraction of sp³-hybridized carbons (Fsp3) is 0. The van der Waals surface area contributed by atoms with Crippen LogP contribution >= 0.6 is 0 Å². The number of aromatic amines is 1. The molecule has 1 N–H and O–H groups in total. The maximum absolute atomic E-state index is 10.3. The summed E-state index contributed by atoms with van der Waals surface area (Å²) in [6, 6.07) is 4.00. The summed E-state index contributed by atoms with van der Waals surface area (Å²) in [6.45, 7) is 0. The fourth-order valence-electron chi connectivity index (χ4n) is 1.40. The molecule has 9 nitrogen and oxygen atoms in total. The molecular weight excluding hydrogens is 234 g/mol. The number of aromatic nitrogens is 1. The van der Waals surface area contributed by atoms with Crippen molar-refractivity contribution in [2.45, 2.75) is 0 Å². The quantitative estimate of drug-likeness (QED) is 0.634. The molecule has 0 aliphatic heterocycles. The Morgan fingerprint density at radius 3 is 2.47 bits per heavy atom. The lowest BCUT2D eigenvalue weighted by molar-refractivity contribution is -0.713. The summed E-state index contributed by atoms with van der Waals surface area (Å²) in [4.78, 5) is 31.7. The third-order valence-corrected chi connectivity index (χ3v) is 1.95. The van der Waals surface area contributed by atoms with Crippen molar-refractivity contribution >= 4 is 10.9 Å². The van der Waals surface area contributed by atoms with E-state index in [1.54, 1.807) is 6.07 Å². The molecule has 88 valence electrons. The van der Waals surface area contributed by atoms with Gasteiger partial charge in [0.1, 0.15) is 5.75 Å². The standard InChI is InChI=1S/C8H5N3O6/c12-10(13)16-6-3-5-1-2-9-8(5)7(4-6)17-11(14)15/h1-4,9H. The van der Waals surface area contributed by atoms with E-state index < -0.39 is 10.2 Å². The lowest BCUT2D eigenvalue weighted by Gasteiger charge is -2.03. The third kappa shape index (κ3) is 2.22. The van der Waals surface area contributed by atoms with Crippen LogP contribution in [0.3, 0.4) is 0 Å². The van der Waals surface area contributed by atoms with Crippen LogP contribution < -0.4 is 9.68 Å². The molecule has 17 heavy (non-hydrogen) atoms. The van der Waals surface area contributed by atoms with Gasteiger partial charge in [-0.05, 0) is 12.1 Å². The summed E-state index contributed by atoms with van der Waals surface area (Å²) in [5.41, 5.74) is 0.359. The maximum Gasteiger partial charge on any atom is 0.299 e. The summed E-state index contributed by atoms with van der Waals surface area (Å²) in [5.74, 6) is -0.312. The predicted molar refractivity (Wildman–Crippen MR) is 53.5 cm³/mol. The second-order valence-electron chi connectivity index (χ2n) is 2.99. The summed E-state index contributed by atoms with van der Waals surface area (Å²) >= 11 is 0. The molecule has 0 saturated carbocycles. The number of nitrogens with one attached hydrogen (secondary N) is 1. The second kappa shape index (κ2) is 3.96. The molecule has 9 heteroatoms. The maximum atomic E-state index is 10.3.